The van der Waals surface area contributed by atoms with Crippen LogP contribution < -0.4 is 0 Å². The molecule has 120 valence electrons. The second-order valence-corrected chi connectivity index (χ2v) is 6.07. The molecule has 0 spiro atoms. The SMILES string of the molecule is O=C(CO)N1CCN(C(=O)c2cccn2C2CCCC2)CC1. The Labute approximate surface area is 130 Å². The first kappa shape index (κ1) is 15.1. The van der Waals surface area contributed by atoms with E-state index in [1.54, 1.807) is 4.90 Å². The molecule has 1 aliphatic carbocycles. The van der Waals surface area contributed by atoms with Gasteiger partial charge in [0.2, 0.25) is 5.91 Å². The molecule has 3 rings (SSSR count). The molecule has 0 radical (unpaired) electrons. The Morgan fingerprint density at radius 1 is 1.09 bits per heavy atom. The van der Waals surface area contributed by atoms with Crippen LogP contribution in [-0.4, -0.2) is 64.1 Å². The van der Waals surface area contributed by atoms with Crippen molar-refractivity contribution >= 4 is 11.8 Å². The van der Waals surface area contributed by atoms with Gasteiger partial charge in [-0.15, -0.1) is 0 Å². The van der Waals surface area contributed by atoms with Gasteiger partial charge >= 0.3 is 0 Å². The molecular formula is C16H23N3O3. The van der Waals surface area contributed by atoms with Crippen LogP contribution in [0.4, 0.5) is 0 Å². The molecule has 0 aromatic carbocycles. The molecule has 0 atom stereocenters. The third kappa shape index (κ3) is 2.88. The molecule has 1 N–H and O–H groups in total. The zero-order valence-electron chi connectivity index (χ0n) is 12.8. The summed E-state index contributed by atoms with van der Waals surface area (Å²) < 4.78 is 2.13. The smallest absolute Gasteiger partial charge is 0.270 e. The van der Waals surface area contributed by atoms with Crippen molar-refractivity contribution in [2.75, 3.05) is 32.8 Å². The first-order valence-corrected chi connectivity index (χ1v) is 8.05. The number of nitrogens with zero attached hydrogens (tertiary/aromatic N) is 3. The highest BCUT2D eigenvalue weighted by Crippen LogP contribution is 2.31. The van der Waals surface area contributed by atoms with Crippen molar-refractivity contribution in [3.63, 3.8) is 0 Å². The van der Waals surface area contributed by atoms with Gasteiger partial charge < -0.3 is 19.5 Å². The van der Waals surface area contributed by atoms with Crippen LogP contribution in [-0.2, 0) is 4.79 Å². The molecule has 6 heteroatoms. The normalized spacial score (nSPS) is 19.7. The van der Waals surface area contributed by atoms with Crippen molar-refractivity contribution in [1.82, 2.24) is 14.4 Å². The summed E-state index contributed by atoms with van der Waals surface area (Å²) in [7, 11) is 0. The average molecular weight is 305 g/mol. The van der Waals surface area contributed by atoms with Crippen molar-refractivity contribution in [2.45, 2.75) is 31.7 Å². The van der Waals surface area contributed by atoms with Crippen LogP contribution in [0.15, 0.2) is 18.3 Å². The Morgan fingerprint density at radius 2 is 1.73 bits per heavy atom. The van der Waals surface area contributed by atoms with Gasteiger partial charge in [0.25, 0.3) is 5.91 Å². The van der Waals surface area contributed by atoms with E-state index in [4.69, 9.17) is 5.11 Å². The zero-order chi connectivity index (χ0) is 15.5. The lowest BCUT2D eigenvalue weighted by Crippen LogP contribution is -2.51. The highest BCUT2D eigenvalue weighted by Gasteiger charge is 2.27. The van der Waals surface area contributed by atoms with Gasteiger partial charge in [-0.1, -0.05) is 12.8 Å². The standard InChI is InChI=1S/C16H23N3O3/c20-12-15(21)17-8-10-18(11-9-17)16(22)14-6-3-7-19(14)13-4-1-2-5-13/h3,6-7,13,20H,1-2,4-5,8-12H2. The van der Waals surface area contributed by atoms with Crippen LogP contribution in [0.25, 0.3) is 0 Å². The van der Waals surface area contributed by atoms with E-state index in [0.717, 1.165) is 18.5 Å². The van der Waals surface area contributed by atoms with Crippen molar-refractivity contribution in [3.8, 4) is 0 Å². The summed E-state index contributed by atoms with van der Waals surface area (Å²) in [6.07, 6.45) is 6.77. The summed E-state index contributed by atoms with van der Waals surface area (Å²) in [5, 5.41) is 8.89. The number of carbonyl (C=O) groups is 2. The molecule has 1 aliphatic heterocycles. The summed E-state index contributed by atoms with van der Waals surface area (Å²) in [6, 6.07) is 4.29. The van der Waals surface area contributed by atoms with Gasteiger partial charge in [-0.25, -0.2) is 0 Å². The monoisotopic (exact) mass is 305 g/mol. The van der Waals surface area contributed by atoms with Crippen LogP contribution in [0, 0.1) is 0 Å². The molecule has 0 unspecified atom stereocenters. The van der Waals surface area contributed by atoms with Crippen LogP contribution in [0.1, 0.15) is 42.2 Å². The summed E-state index contributed by atoms with van der Waals surface area (Å²) >= 11 is 0. The minimum Gasteiger partial charge on any atom is -0.387 e. The highest BCUT2D eigenvalue weighted by molar-refractivity contribution is 5.93. The summed E-state index contributed by atoms with van der Waals surface area (Å²) in [5.41, 5.74) is 0.758. The molecule has 2 amide bonds. The number of rotatable bonds is 3. The predicted octanol–water partition coefficient (Wildman–Crippen LogP) is 0.880. The summed E-state index contributed by atoms with van der Waals surface area (Å²) in [4.78, 5) is 27.6. The lowest BCUT2D eigenvalue weighted by molar-refractivity contribution is -0.135. The second-order valence-electron chi connectivity index (χ2n) is 6.07. The minimum atomic E-state index is -0.460. The first-order chi connectivity index (χ1) is 10.7. The molecule has 2 aliphatic rings. The molecule has 6 nitrogen and oxygen atoms in total. The van der Waals surface area contributed by atoms with Crippen molar-refractivity contribution in [1.29, 1.82) is 0 Å². The fourth-order valence-electron chi connectivity index (χ4n) is 3.50. The first-order valence-electron chi connectivity index (χ1n) is 8.05. The van der Waals surface area contributed by atoms with Gasteiger partial charge in [0.15, 0.2) is 0 Å². The Kier molecular flexibility index (Phi) is 4.47. The Hall–Kier alpha value is -1.82. The van der Waals surface area contributed by atoms with Gasteiger partial charge in [-0.2, -0.15) is 0 Å². The fraction of sp³-hybridized carbons (Fsp3) is 0.625. The van der Waals surface area contributed by atoms with Crippen LogP contribution in [0.5, 0.6) is 0 Å². The fourth-order valence-corrected chi connectivity index (χ4v) is 3.50. The predicted molar refractivity (Wildman–Crippen MR) is 81.5 cm³/mol. The van der Waals surface area contributed by atoms with Gasteiger partial charge in [-0.05, 0) is 25.0 Å². The van der Waals surface area contributed by atoms with Gasteiger partial charge in [0, 0.05) is 38.4 Å². The summed E-state index contributed by atoms with van der Waals surface area (Å²) in [5.74, 6) is -0.213. The topological polar surface area (TPSA) is 65.8 Å². The summed E-state index contributed by atoms with van der Waals surface area (Å²) in [6.45, 7) is 1.59. The van der Waals surface area contributed by atoms with E-state index < -0.39 is 6.61 Å². The molecule has 0 bridgehead atoms. The molecule has 1 aromatic heterocycles. The number of amides is 2. The lowest BCUT2D eigenvalue weighted by atomic mass is 10.2. The molecule has 1 aromatic rings. The number of piperazine rings is 1. The van der Waals surface area contributed by atoms with Crippen molar-refractivity contribution < 1.29 is 14.7 Å². The largest absolute Gasteiger partial charge is 0.387 e. The minimum absolute atomic E-state index is 0.0491. The van der Waals surface area contributed by atoms with Crippen LogP contribution in [0.3, 0.4) is 0 Å². The highest BCUT2D eigenvalue weighted by atomic mass is 16.3. The Morgan fingerprint density at radius 3 is 2.36 bits per heavy atom. The molecular weight excluding hydrogens is 282 g/mol. The maximum Gasteiger partial charge on any atom is 0.270 e. The maximum absolute atomic E-state index is 12.7. The number of hydrogen-bond acceptors (Lipinski definition) is 3. The molecule has 1 saturated heterocycles. The van der Waals surface area contributed by atoms with E-state index in [0.29, 0.717) is 32.2 Å². The molecule has 22 heavy (non-hydrogen) atoms. The van der Waals surface area contributed by atoms with E-state index >= 15 is 0 Å². The zero-order valence-corrected chi connectivity index (χ0v) is 12.8. The molecule has 2 fully saturated rings. The van der Waals surface area contributed by atoms with E-state index in [1.807, 2.05) is 23.2 Å². The van der Waals surface area contributed by atoms with Crippen molar-refractivity contribution in [2.24, 2.45) is 0 Å². The van der Waals surface area contributed by atoms with E-state index in [9.17, 15) is 9.59 Å². The number of carbonyl (C=O) groups excluding carboxylic acids is 2. The van der Waals surface area contributed by atoms with Crippen molar-refractivity contribution in [3.05, 3.63) is 24.0 Å². The average Bonchev–Trinajstić information content (AvgIpc) is 3.24. The van der Waals surface area contributed by atoms with Gasteiger partial charge in [0.05, 0.1) is 0 Å². The van der Waals surface area contributed by atoms with E-state index in [1.165, 1.54) is 12.8 Å². The molecule has 2 heterocycles. The quantitative estimate of drug-likeness (QED) is 0.901. The second kappa shape index (κ2) is 6.52. The number of aliphatic hydroxyl groups is 1. The number of aromatic nitrogens is 1. The third-order valence-corrected chi connectivity index (χ3v) is 4.77. The maximum atomic E-state index is 12.7. The van der Waals surface area contributed by atoms with Crippen LogP contribution in [0.2, 0.25) is 0 Å². The van der Waals surface area contributed by atoms with Crippen LogP contribution >= 0.6 is 0 Å². The van der Waals surface area contributed by atoms with E-state index in [2.05, 4.69) is 4.57 Å². The number of aliphatic hydroxyl groups excluding tert-OH is 1. The lowest BCUT2D eigenvalue weighted by Gasteiger charge is -2.34. The van der Waals surface area contributed by atoms with Gasteiger partial charge in [0.1, 0.15) is 12.3 Å². The van der Waals surface area contributed by atoms with Gasteiger partial charge in [-0.3, -0.25) is 9.59 Å². The Bertz CT molecular complexity index is 541. The Balaban J connectivity index is 1.65. The van der Waals surface area contributed by atoms with E-state index in [-0.39, 0.29) is 11.8 Å². The molecule has 1 saturated carbocycles. The number of hydrogen-bond donors (Lipinski definition) is 1. The third-order valence-electron chi connectivity index (χ3n) is 4.77.